The molecule has 1 fully saturated rings. The average Bonchev–Trinajstić information content (AvgIpc) is 3.00. The standard InChI is InChI=1S/C23H31ClN4O3S/c1-14-15(2)17(4)22(18(5)16(14)3)32(30,31)28-12-10-27(11-13-28)21(29)9-8-20-19(6)25-26(7)23(20)24/h8-9H,10-13H2,1-7H3/b9-8+. The first-order chi connectivity index (χ1) is 14.9. The van der Waals surface area contributed by atoms with E-state index in [4.69, 9.17) is 11.6 Å². The number of benzene rings is 1. The van der Waals surface area contributed by atoms with Crippen LogP contribution >= 0.6 is 11.6 Å². The van der Waals surface area contributed by atoms with E-state index in [2.05, 4.69) is 5.10 Å². The third kappa shape index (κ3) is 4.23. The molecule has 0 N–H and O–H groups in total. The smallest absolute Gasteiger partial charge is 0.246 e. The maximum absolute atomic E-state index is 13.5. The number of halogens is 1. The summed E-state index contributed by atoms with van der Waals surface area (Å²) in [6, 6.07) is 0. The molecule has 1 aromatic carbocycles. The quantitative estimate of drug-likeness (QED) is 0.630. The van der Waals surface area contributed by atoms with Crippen LogP contribution in [0.5, 0.6) is 0 Å². The second-order valence-corrected chi connectivity index (χ2v) is 10.7. The van der Waals surface area contributed by atoms with Crippen molar-refractivity contribution in [2.75, 3.05) is 26.2 Å². The van der Waals surface area contributed by atoms with Crippen LogP contribution in [0, 0.1) is 41.5 Å². The fourth-order valence-electron chi connectivity index (χ4n) is 4.23. The van der Waals surface area contributed by atoms with Gasteiger partial charge in [0.25, 0.3) is 0 Å². The molecule has 0 unspecified atom stereocenters. The van der Waals surface area contributed by atoms with Crippen molar-refractivity contribution < 1.29 is 13.2 Å². The van der Waals surface area contributed by atoms with E-state index < -0.39 is 10.0 Å². The zero-order valence-electron chi connectivity index (χ0n) is 19.8. The molecule has 0 radical (unpaired) electrons. The van der Waals surface area contributed by atoms with E-state index >= 15 is 0 Å². The number of carbonyl (C=O) groups is 1. The molecule has 0 atom stereocenters. The van der Waals surface area contributed by atoms with Gasteiger partial charge in [0.1, 0.15) is 5.15 Å². The van der Waals surface area contributed by atoms with Crippen LogP contribution in [0.25, 0.3) is 6.08 Å². The molecule has 9 heteroatoms. The van der Waals surface area contributed by atoms with Gasteiger partial charge in [-0.15, -0.1) is 0 Å². The molecule has 2 heterocycles. The number of amides is 1. The third-order valence-corrected chi connectivity index (χ3v) is 9.29. The zero-order chi connectivity index (χ0) is 24.0. The number of rotatable bonds is 4. The largest absolute Gasteiger partial charge is 0.337 e. The monoisotopic (exact) mass is 478 g/mol. The molecule has 1 amide bonds. The molecule has 1 aliphatic heterocycles. The van der Waals surface area contributed by atoms with Gasteiger partial charge in [0, 0.05) is 44.9 Å². The molecule has 0 bridgehead atoms. The zero-order valence-corrected chi connectivity index (χ0v) is 21.4. The van der Waals surface area contributed by atoms with E-state index in [1.807, 2.05) is 41.5 Å². The number of hydrogen-bond acceptors (Lipinski definition) is 4. The van der Waals surface area contributed by atoms with Crippen molar-refractivity contribution in [2.45, 2.75) is 46.4 Å². The van der Waals surface area contributed by atoms with E-state index in [0.29, 0.717) is 28.7 Å². The number of sulfonamides is 1. The van der Waals surface area contributed by atoms with Gasteiger partial charge < -0.3 is 4.90 Å². The summed E-state index contributed by atoms with van der Waals surface area (Å²) in [5.74, 6) is -0.171. The fourth-order valence-corrected chi connectivity index (χ4v) is 6.45. The minimum Gasteiger partial charge on any atom is -0.337 e. The molecule has 7 nitrogen and oxygen atoms in total. The van der Waals surface area contributed by atoms with Gasteiger partial charge in [0.05, 0.1) is 10.6 Å². The molecule has 3 rings (SSSR count). The Morgan fingerprint density at radius 2 is 1.41 bits per heavy atom. The van der Waals surface area contributed by atoms with Gasteiger partial charge in [0.15, 0.2) is 0 Å². The van der Waals surface area contributed by atoms with Crippen molar-refractivity contribution in [3.8, 4) is 0 Å². The Balaban J connectivity index is 1.76. The lowest BCUT2D eigenvalue weighted by molar-refractivity contribution is -0.127. The lowest BCUT2D eigenvalue weighted by atomic mass is 9.95. The SMILES string of the molecule is Cc1nn(C)c(Cl)c1/C=C/C(=O)N1CCN(S(=O)(=O)c2c(C)c(C)c(C)c(C)c2C)CC1. The molecule has 1 aromatic heterocycles. The van der Waals surface area contributed by atoms with Gasteiger partial charge in [-0.05, 0) is 75.4 Å². The lowest BCUT2D eigenvalue weighted by Gasteiger charge is -2.34. The number of hydrogen-bond donors (Lipinski definition) is 0. The Hall–Kier alpha value is -2.16. The van der Waals surface area contributed by atoms with Crippen LogP contribution in [0.2, 0.25) is 5.15 Å². The molecule has 1 aliphatic rings. The molecule has 0 spiro atoms. The first kappa shape index (κ1) is 24.5. The van der Waals surface area contributed by atoms with Crippen LogP contribution in [0.4, 0.5) is 0 Å². The Kier molecular flexibility index (Phi) is 6.88. The lowest BCUT2D eigenvalue weighted by Crippen LogP contribution is -2.50. The highest BCUT2D eigenvalue weighted by Crippen LogP contribution is 2.32. The fraction of sp³-hybridized carbons (Fsp3) is 0.478. The van der Waals surface area contributed by atoms with Crippen molar-refractivity contribution in [2.24, 2.45) is 7.05 Å². The van der Waals surface area contributed by atoms with Crippen LogP contribution in [-0.2, 0) is 21.9 Å². The predicted octanol–water partition coefficient (Wildman–Crippen LogP) is 3.47. The number of nitrogens with zero attached hydrogens (tertiary/aromatic N) is 4. The highest BCUT2D eigenvalue weighted by atomic mass is 35.5. The van der Waals surface area contributed by atoms with Crippen molar-refractivity contribution in [3.05, 3.63) is 50.3 Å². The molecule has 1 saturated heterocycles. The highest BCUT2D eigenvalue weighted by molar-refractivity contribution is 7.89. The molecule has 32 heavy (non-hydrogen) atoms. The Morgan fingerprint density at radius 3 is 1.88 bits per heavy atom. The molecular weight excluding hydrogens is 448 g/mol. The summed E-state index contributed by atoms with van der Waals surface area (Å²) in [6.07, 6.45) is 3.14. The van der Waals surface area contributed by atoms with Gasteiger partial charge in [-0.25, -0.2) is 8.42 Å². The molecular formula is C23H31ClN4O3S. The maximum atomic E-state index is 13.5. The summed E-state index contributed by atoms with van der Waals surface area (Å²) >= 11 is 6.22. The second kappa shape index (κ2) is 9.00. The summed E-state index contributed by atoms with van der Waals surface area (Å²) in [7, 11) is -1.90. The van der Waals surface area contributed by atoms with Crippen molar-refractivity contribution in [3.63, 3.8) is 0 Å². The van der Waals surface area contributed by atoms with Crippen LogP contribution in [-0.4, -0.2) is 59.5 Å². The predicted molar refractivity (Wildman–Crippen MR) is 127 cm³/mol. The van der Waals surface area contributed by atoms with Crippen LogP contribution in [0.3, 0.4) is 0 Å². The third-order valence-electron chi connectivity index (χ3n) is 6.67. The Bertz CT molecular complexity index is 1180. The number of aryl methyl sites for hydroxylation is 2. The van der Waals surface area contributed by atoms with E-state index in [1.165, 1.54) is 10.4 Å². The maximum Gasteiger partial charge on any atom is 0.246 e. The second-order valence-electron chi connectivity index (χ2n) is 8.43. The van der Waals surface area contributed by atoms with E-state index in [0.717, 1.165) is 33.5 Å². The summed E-state index contributed by atoms with van der Waals surface area (Å²) in [5, 5.41) is 4.70. The summed E-state index contributed by atoms with van der Waals surface area (Å²) in [5.41, 5.74) is 6.20. The first-order valence-corrected chi connectivity index (χ1v) is 12.4. The van der Waals surface area contributed by atoms with Crippen LogP contribution in [0.1, 0.15) is 39.1 Å². The minimum atomic E-state index is -3.65. The summed E-state index contributed by atoms with van der Waals surface area (Å²) in [4.78, 5) is 14.7. The van der Waals surface area contributed by atoms with Crippen LogP contribution in [0.15, 0.2) is 11.0 Å². The topological polar surface area (TPSA) is 75.5 Å². The number of carbonyl (C=O) groups excluding carboxylic acids is 1. The Morgan fingerprint density at radius 1 is 0.906 bits per heavy atom. The Labute approximate surface area is 195 Å². The summed E-state index contributed by atoms with van der Waals surface area (Å²) in [6.45, 7) is 12.7. The number of aromatic nitrogens is 2. The van der Waals surface area contributed by atoms with E-state index in [1.54, 1.807) is 22.7 Å². The van der Waals surface area contributed by atoms with E-state index in [9.17, 15) is 13.2 Å². The summed E-state index contributed by atoms with van der Waals surface area (Å²) < 4.78 is 30.0. The van der Waals surface area contributed by atoms with Crippen molar-refractivity contribution in [1.29, 1.82) is 0 Å². The van der Waals surface area contributed by atoms with Crippen molar-refractivity contribution >= 4 is 33.6 Å². The van der Waals surface area contributed by atoms with Gasteiger partial charge in [-0.1, -0.05) is 11.6 Å². The van der Waals surface area contributed by atoms with Crippen LogP contribution < -0.4 is 0 Å². The first-order valence-electron chi connectivity index (χ1n) is 10.6. The normalized spacial score (nSPS) is 15.7. The highest BCUT2D eigenvalue weighted by Gasteiger charge is 2.33. The minimum absolute atomic E-state index is 0.171. The van der Waals surface area contributed by atoms with Gasteiger partial charge >= 0.3 is 0 Å². The average molecular weight is 479 g/mol. The number of piperazine rings is 1. The van der Waals surface area contributed by atoms with Gasteiger partial charge in [0.2, 0.25) is 15.9 Å². The molecule has 174 valence electrons. The molecule has 0 aliphatic carbocycles. The molecule has 0 saturated carbocycles. The molecule has 2 aromatic rings. The van der Waals surface area contributed by atoms with E-state index in [-0.39, 0.29) is 19.0 Å². The van der Waals surface area contributed by atoms with Gasteiger partial charge in [-0.3, -0.25) is 9.48 Å². The van der Waals surface area contributed by atoms with Crippen molar-refractivity contribution in [1.82, 2.24) is 19.0 Å². The van der Waals surface area contributed by atoms with Gasteiger partial charge in [-0.2, -0.15) is 9.40 Å².